The van der Waals surface area contributed by atoms with Gasteiger partial charge < -0.3 is 10.1 Å². The number of aromatic nitrogens is 2. The van der Waals surface area contributed by atoms with Crippen LogP contribution in [0.4, 0.5) is 13.2 Å². The van der Waals surface area contributed by atoms with Crippen LogP contribution in [-0.4, -0.2) is 29.5 Å². The standard InChI is InChI=1S/C9H12F3N3O/c1-15-5-6(7-4-13-2-3-16-7)8(14-15)9(10,11)12/h5,7,13H,2-4H2,1H3. The normalized spacial score (nSPS) is 22.4. The van der Waals surface area contributed by atoms with Gasteiger partial charge in [-0.1, -0.05) is 0 Å². The average molecular weight is 235 g/mol. The fourth-order valence-corrected chi connectivity index (χ4v) is 1.73. The lowest BCUT2D eigenvalue weighted by Gasteiger charge is -2.23. The Balaban J connectivity index is 2.31. The number of hydrogen-bond acceptors (Lipinski definition) is 3. The van der Waals surface area contributed by atoms with Crippen molar-refractivity contribution < 1.29 is 17.9 Å². The summed E-state index contributed by atoms with van der Waals surface area (Å²) < 4.78 is 44.5. The molecule has 90 valence electrons. The zero-order valence-corrected chi connectivity index (χ0v) is 8.71. The van der Waals surface area contributed by atoms with Crippen molar-refractivity contribution in [3.63, 3.8) is 0 Å². The number of rotatable bonds is 1. The molecule has 2 rings (SSSR count). The average Bonchev–Trinajstić information content (AvgIpc) is 2.61. The van der Waals surface area contributed by atoms with Crippen LogP contribution in [0.5, 0.6) is 0 Å². The molecule has 1 aromatic heterocycles. The van der Waals surface area contributed by atoms with E-state index in [1.54, 1.807) is 0 Å². The van der Waals surface area contributed by atoms with Crippen LogP contribution in [0.3, 0.4) is 0 Å². The minimum Gasteiger partial charge on any atom is -0.371 e. The number of alkyl halides is 3. The summed E-state index contributed by atoms with van der Waals surface area (Å²) in [5, 5.41) is 6.43. The monoisotopic (exact) mass is 235 g/mol. The zero-order chi connectivity index (χ0) is 11.8. The molecule has 0 radical (unpaired) electrons. The zero-order valence-electron chi connectivity index (χ0n) is 8.71. The van der Waals surface area contributed by atoms with Crippen molar-refractivity contribution in [1.29, 1.82) is 0 Å². The van der Waals surface area contributed by atoms with E-state index in [1.807, 2.05) is 0 Å². The maximum atomic E-state index is 12.7. The quantitative estimate of drug-likeness (QED) is 0.792. The van der Waals surface area contributed by atoms with E-state index in [0.717, 1.165) is 4.68 Å². The minimum absolute atomic E-state index is 0.0993. The molecule has 4 nitrogen and oxygen atoms in total. The van der Waals surface area contributed by atoms with Crippen molar-refractivity contribution >= 4 is 0 Å². The van der Waals surface area contributed by atoms with E-state index in [2.05, 4.69) is 10.4 Å². The van der Waals surface area contributed by atoms with Gasteiger partial charge in [-0.2, -0.15) is 18.3 Å². The fraction of sp³-hybridized carbons (Fsp3) is 0.667. The summed E-state index contributed by atoms with van der Waals surface area (Å²) in [5.41, 5.74) is -0.758. The van der Waals surface area contributed by atoms with Gasteiger partial charge in [0.05, 0.1) is 12.7 Å². The van der Waals surface area contributed by atoms with Crippen molar-refractivity contribution in [3.05, 3.63) is 17.5 Å². The Kier molecular flexibility index (Phi) is 2.90. The molecule has 0 amide bonds. The summed E-state index contributed by atoms with van der Waals surface area (Å²) in [6.45, 7) is 1.46. The number of hydrogen-bond donors (Lipinski definition) is 1. The Morgan fingerprint density at radius 1 is 1.56 bits per heavy atom. The Morgan fingerprint density at radius 3 is 2.88 bits per heavy atom. The first kappa shape index (κ1) is 11.4. The van der Waals surface area contributed by atoms with Crippen molar-refractivity contribution in [2.24, 2.45) is 7.05 Å². The molecule has 1 aliphatic heterocycles. The van der Waals surface area contributed by atoms with Crippen LogP contribution in [0.15, 0.2) is 6.20 Å². The number of ether oxygens (including phenoxy) is 1. The second-order valence-corrected chi connectivity index (χ2v) is 3.67. The number of nitrogens with zero attached hydrogens (tertiary/aromatic N) is 2. The summed E-state index contributed by atoms with van der Waals surface area (Å²) in [7, 11) is 1.47. The predicted molar refractivity (Wildman–Crippen MR) is 49.8 cm³/mol. The van der Waals surface area contributed by atoms with Gasteiger partial charge in [0.2, 0.25) is 0 Å². The molecule has 1 aromatic rings. The molecule has 16 heavy (non-hydrogen) atoms. The molecule has 1 saturated heterocycles. The summed E-state index contributed by atoms with van der Waals surface area (Å²) in [6, 6.07) is 0. The molecule has 1 aliphatic rings. The molecule has 1 unspecified atom stereocenters. The number of aryl methyl sites for hydroxylation is 1. The molecule has 1 N–H and O–H groups in total. The van der Waals surface area contributed by atoms with Crippen LogP contribution in [0, 0.1) is 0 Å². The number of halogens is 3. The summed E-state index contributed by atoms with van der Waals surface area (Å²) in [5.74, 6) is 0. The fourth-order valence-electron chi connectivity index (χ4n) is 1.73. The molecule has 2 heterocycles. The lowest BCUT2D eigenvalue weighted by atomic mass is 10.1. The van der Waals surface area contributed by atoms with Crippen LogP contribution in [-0.2, 0) is 18.0 Å². The van der Waals surface area contributed by atoms with E-state index in [1.165, 1.54) is 13.2 Å². The van der Waals surface area contributed by atoms with E-state index in [0.29, 0.717) is 19.7 Å². The Bertz CT molecular complexity index is 369. The van der Waals surface area contributed by atoms with Gasteiger partial charge in [0.1, 0.15) is 0 Å². The highest BCUT2D eigenvalue weighted by Crippen LogP contribution is 2.34. The summed E-state index contributed by atoms with van der Waals surface area (Å²) in [6.07, 6.45) is -3.64. The van der Waals surface area contributed by atoms with Gasteiger partial charge in [0.25, 0.3) is 0 Å². The topological polar surface area (TPSA) is 39.1 Å². The predicted octanol–water partition coefficient (Wildman–Crippen LogP) is 1.10. The van der Waals surface area contributed by atoms with Crippen molar-refractivity contribution in [2.75, 3.05) is 19.7 Å². The van der Waals surface area contributed by atoms with Gasteiger partial charge in [-0.05, 0) is 0 Å². The van der Waals surface area contributed by atoms with E-state index >= 15 is 0 Å². The smallest absolute Gasteiger partial charge is 0.371 e. The SMILES string of the molecule is Cn1cc(C2CNCCO2)c(C(F)(F)F)n1. The largest absolute Gasteiger partial charge is 0.435 e. The molecule has 0 saturated carbocycles. The highest BCUT2D eigenvalue weighted by atomic mass is 19.4. The van der Waals surface area contributed by atoms with E-state index in [9.17, 15) is 13.2 Å². The third-order valence-corrected chi connectivity index (χ3v) is 2.40. The lowest BCUT2D eigenvalue weighted by molar-refractivity contribution is -0.143. The van der Waals surface area contributed by atoms with Gasteiger partial charge in [0.15, 0.2) is 5.69 Å². The first-order valence-corrected chi connectivity index (χ1v) is 4.91. The Labute approximate surface area is 90.4 Å². The molecule has 1 fully saturated rings. The molecular formula is C9H12F3N3O. The Hall–Kier alpha value is -1.08. The van der Waals surface area contributed by atoms with Gasteiger partial charge in [-0.3, -0.25) is 4.68 Å². The first-order valence-electron chi connectivity index (χ1n) is 4.91. The molecule has 0 aromatic carbocycles. The van der Waals surface area contributed by atoms with Gasteiger partial charge >= 0.3 is 6.18 Å². The van der Waals surface area contributed by atoms with Crippen molar-refractivity contribution in [1.82, 2.24) is 15.1 Å². The molecule has 0 aliphatic carbocycles. The van der Waals surface area contributed by atoms with E-state index in [-0.39, 0.29) is 5.56 Å². The maximum Gasteiger partial charge on any atom is 0.435 e. The van der Waals surface area contributed by atoms with Crippen LogP contribution >= 0.6 is 0 Å². The molecule has 1 atom stereocenters. The van der Waals surface area contributed by atoms with E-state index in [4.69, 9.17) is 4.74 Å². The molecule has 7 heteroatoms. The second-order valence-electron chi connectivity index (χ2n) is 3.67. The molecule has 0 spiro atoms. The Morgan fingerprint density at radius 2 is 2.31 bits per heavy atom. The third kappa shape index (κ3) is 2.19. The lowest BCUT2D eigenvalue weighted by Crippen LogP contribution is -2.34. The number of morpholine rings is 1. The van der Waals surface area contributed by atoms with Gasteiger partial charge in [-0.15, -0.1) is 0 Å². The van der Waals surface area contributed by atoms with Crippen LogP contribution in [0.1, 0.15) is 17.4 Å². The highest BCUT2D eigenvalue weighted by molar-refractivity contribution is 5.23. The maximum absolute atomic E-state index is 12.7. The van der Waals surface area contributed by atoms with Crippen molar-refractivity contribution in [2.45, 2.75) is 12.3 Å². The van der Waals surface area contributed by atoms with Crippen LogP contribution < -0.4 is 5.32 Å². The van der Waals surface area contributed by atoms with Crippen LogP contribution in [0.25, 0.3) is 0 Å². The van der Waals surface area contributed by atoms with Gasteiger partial charge in [-0.25, -0.2) is 0 Å². The summed E-state index contributed by atoms with van der Waals surface area (Å²) >= 11 is 0. The minimum atomic E-state index is -4.43. The third-order valence-electron chi connectivity index (χ3n) is 2.40. The highest BCUT2D eigenvalue weighted by Gasteiger charge is 2.39. The molecule has 0 bridgehead atoms. The molecular weight excluding hydrogens is 223 g/mol. The van der Waals surface area contributed by atoms with Crippen LogP contribution in [0.2, 0.25) is 0 Å². The van der Waals surface area contributed by atoms with Gasteiger partial charge in [0, 0.05) is 31.9 Å². The second kappa shape index (κ2) is 4.06. The van der Waals surface area contributed by atoms with Crippen molar-refractivity contribution in [3.8, 4) is 0 Å². The first-order chi connectivity index (χ1) is 7.48. The van der Waals surface area contributed by atoms with E-state index < -0.39 is 18.0 Å². The summed E-state index contributed by atoms with van der Waals surface area (Å²) in [4.78, 5) is 0. The number of nitrogens with one attached hydrogen (secondary N) is 1.